The molecule has 96 valence electrons. The summed E-state index contributed by atoms with van der Waals surface area (Å²) in [4.78, 5) is 4.44. The molecule has 17 heavy (non-hydrogen) atoms. The van der Waals surface area contributed by atoms with Gasteiger partial charge < -0.3 is 9.84 Å². The number of thioether (sulfide) groups is 1. The van der Waals surface area contributed by atoms with Crippen LogP contribution in [0.2, 0.25) is 0 Å². The van der Waals surface area contributed by atoms with E-state index in [0.717, 1.165) is 42.1 Å². The Bertz CT molecular complexity index is 338. The topological polar surface area (TPSA) is 51.0 Å². The standard InChI is InChI=1S/C12H21N3OS/c1-3-13-10(9-5-6-9)7-12-14-11(15-16-12)8-17-4-2/h9-10,13H,3-8H2,1-2H3. The summed E-state index contributed by atoms with van der Waals surface area (Å²) in [5.41, 5.74) is 0. The minimum Gasteiger partial charge on any atom is -0.339 e. The molecule has 0 aliphatic heterocycles. The zero-order valence-corrected chi connectivity index (χ0v) is 11.4. The van der Waals surface area contributed by atoms with Crippen molar-refractivity contribution >= 4 is 11.8 Å². The van der Waals surface area contributed by atoms with E-state index in [1.54, 1.807) is 0 Å². The first-order valence-corrected chi connectivity index (χ1v) is 7.61. The van der Waals surface area contributed by atoms with E-state index in [0.29, 0.717) is 6.04 Å². The van der Waals surface area contributed by atoms with E-state index in [9.17, 15) is 0 Å². The molecule has 1 fully saturated rings. The molecule has 1 aliphatic rings. The summed E-state index contributed by atoms with van der Waals surface area (Å²) >= 11 is 1.82. The SMILES string of the molecule is CCNC(Cc1nc(CSCC)no1)C1CC1. The highest BCUT2D eigenvalue weighted by molar-refractivity contribution is 7.98. The van der Waals surface area contributed by atoms with Crippen LogP contribution in [0.5, 0.6) is 0 Å². The molecule has 0 aromatic carbocycles. The lowest BCUT2D eigenvalue weighted by Gasteiger charge is -2.14. The summed E-state index contributed by atoms with van der Waals surface area (Å²) in [7, 11) is 0. The molecule has 1 heterocycles. The maximum Gasteiger partial charge on any atom is 0.228 e. The summed E-state index contributed by atoms with van der Waals surface area (Å²) in [6.45, 7) is 5.29. The number of rotatable bonds is 8. The number of hydrogen-bond donors (Lipinski definition) is 1. The summed E-state index contributed by atoms with van der Waals surface area (Å²) in [5.74, 6) is 4.38. The molecule has 1 unspecified atom stereocenters. The normalized spacial score (nSPS) is 17.3. The van der Waals surface area contributed by atoms with Gasteiger partial charge in [-0.2, -0.15) is 16.7 Å². The molecule has 0 spiro atoms. The van der Waals surface area contributed by atoms with Gasteiger partial charge >= 0.3 is 0 Å². The molecule has 5 heteroatoms. The summed E-state index contributed by atoms with van der Waals surface area (Å²) < 4.78 is 5.30. The van der Waals surface area contributed by atoms with E-state index in [2.05, 4.69) is 29.3 Å². The highest BCUT2D eigenvalue weighted by atomic mass is 32.2. The molecule has 2 rings (SSSR count). The van der Waals surface area contributed by atoms with Crippen LogP contribution in [0.3, 0.4) is 0 Å². The van der Waals surface area contributed by atoms with Gasteiger partial charge in [0.2, 0.25) is 5.89 Å². The second kappa shape index (κ2) is 6.40. The molecular formula is C12H21N3OS. The van der Waals surface area contributed by atoms with Crippen molar-refractivity contribution in [1.29, 1.82) is 0 Å². The van der Waals surface area contributed by atoms with Gasteiger partial charge in [-0.15, -0.1) is 0 Å². The van der Waals surface area contributed by atoms with Crippen LogP contribution in [-0.4, -0.2) is 28.5 Å². The number of nitrogens with one attached hydrogen (secondary N) is 1. The van der Waals surface area contributed by atoms with Crippen molar-refractivity contribution in [3.8, 4) is 0 Å². The monoisotopic (exact) mass is 255 g/mol. The van der Waals surface area contributed by atoms with Crippen molar-refractivity contribution in [2.24, 2.45) is 5.92 Å². The van der Waals surface area contributed by atoms with E-state index in [1.807, 2.05) is 11.8 Å². The predicted octanol–water partition coefficient (Wildman–Crippen LogP) is 2.25. The van der Waals surface area contributed by atoms with Gasteiger partial charge in [0, 0.05) is 12.5 Å². The van der Waals surface area contributed by atoms with Gasteiger partial charge in [-0.05, 0) is 31.1 Å². The molecule has 1 aromatic rings. The third-order valence-corrected chi connectivity index (χ3v) is 3.87. The summed E-state index contributed by atoms with van der Waals surface area (Å²) in [6.07, 6.45) is 3.55. The van der Waals surface area contributed by atoms with Crippen LogP contribution in [0, 0.1) is 5.92 Å². The van der Waals surface area contributed by atoms with Gasteiger partial charge in [0.05, 0.1) is 5.75 Å². The van der Waals surface area contributed by atoms with Crippen LogP contribution in [0.1, 0.15) is 38.4 Å². The molecule has 1 N–H and O–H groups in total. The van der Waals surface area contributed by atoms with E-state index in [1.165, 1.54) is 12.8 Å². The zero-order valence-electron chi connectivity index (χ0n) is 10.6. The first kappa shape index (κ1) is 12.9. The minimum absolute atomic E-state index is 0.520. The summed E-state index contributed by atoms with van der Waals surface area (Å²) in [6, 6.07) is 0.520. The fourth-order valence-electron chi connectivity index (χ4n) is 1.98. The van der Waals surface area contributed by atoms with Gasteiger partial charge in [0.15, 0.2) is 5.82 Å². The third kappa shape index (κ3) is 4.00. The van der Waals surface area contributed by atoms with Gasteiger partial charge in [0.1, 0.15) is 0 Å². The lowest BCUT2D eigenvalue weighted by Crippen LogP contribution is -2.33. The molecular weight excluding hydrogens is 234 g/mol. The Morgan fingerprint density at radius 2 is 2.29 bits per heavy atom. The highest BCUT2D eigenvalue weighted by Gasteiger charge is 2.31. The van der Waals surface area contributed by atoms with Gasteiger partial charge in [-0.25, -0.2) is 0 Å². The summed E-state index contributed by atoms with van der Waals surface area (Å²) in [5, 5.41) is 7.52. The molecule has 0 saturated heterocycles. The molecule has 0 amide bonds. The van der Waals surface area contributed by atoms with Crippen molar-refractivity contribution in [1.82, 2.24) is 15.5 Å². The Kier molecular flexibility index (Phi) is 4.86. The van der Waals surface area contributed by atoms with Crippen molar-refractivity contribution < 1.29 is 4.52 Å². The van der Waals surface area contributed by atoms with Crippen LogP contribution in [0.15, 0.2) is 4.52 Å². The van der Waals surface area contributed by atoms with E-state index in [-0.39, 0.29) is 0 Å². The van der Waals surface area contributed by atoms with Crippen LogP contribution in [-0.2, 0) is 12.2 Å². The Hall–Kier alpha value is -0.550. The van der Waals surface area contributed by atoms with E-state index < -0.39 is 0 Å². The van der Waals surface area contributed by atoms with Crippen molar-refractivity contribution in [2.75, 3.05) is 12.3 Å². The molecule has 1 atom stereocenters. The Labute approximate surface area is 107 Å². The third-order valence-electron chi connectivity index (χ3n) is 3.00. The molecule has 1 aliphatic carbocycles. The predicted molar refractivity (Wildman–Crippen MR) is 70.0 cm³/mol. The van der Waals surface area contributed by atoms with Crippen molar-refractivity contribution in [3.05, 3.63) is 11.7 Å². The minimum atomic E-state index is 0.520. The lowest BCUT2D eigenvalue weighted by atomic mass is 10.1. The maximum atomic E-state index is 5.30. The van der Waals surface area contributed by atoms with E-state index >= 15 is 0 Å². The molecule has 1 saturated carbocycles. The first-order valence-electron chi connectivity index (χ1n) is 6.46. The van der Waals surface area contributed by atoms with Crippen molar-refractivity contribution in [2.45, 2.75) is 44.9 Å². The molecule has 0 radical (unpaired) electrons. The quantitative estimate of drug-likeness (QED) is 0.772. The van der Waals surface area contributed by atoms with Crippen LogP contribution in [0.4, 0.5) is 0 Å². The first-order chi connectivity index (χ1) is 8.33. The Balaban J connectivity index is 1.85. The number of likely N-dealkylation sites (N-methyl/N-ethyl adjacent to an activating group) is 1. The maximum absolute atomic E-state index is 5.30. The fraction of sp³-hybridized carbons (Fsp3) is 0.833. The molecule has 4 nitrogen and oxygen atoms in total. The van der Waals surface area contributed by atoms with Gasteiger partial charge in [0.25, 0.3) is 0 Å². The van der Waals surface area contributed by atoms with Gasteiger partial charge in [-0.1, -0.05) is 19.0 Å². The molecule has 1 aromatic heterocycles. The van der Waals surface area contributed by atoms with Crippen molar-refractivity contribution in [3.63, 3.8) is 0 Å². The van der Waals surface area contributed by atoms with Crippen LogP contribution >= 0.6 is 11.8 Å². The van der Waals surface area contributed by atoms with Crippen LogP contribution in [0.25, 0.3) is 0 Å². The Morgan fingerprint density at radius 3 is 2.94 bits per heavy atom. The second-order valence-corrected chi connectivity index (χ2v) is 5.72. The fourth-order valence-corrected chi connectivity index (χ4v) is 2.48. The average Bonchev–Trinajstić information content (AvgIpc) is 3.08. The van der Waals surface area contributed by atoms with E-state index in [4.69, 9.17) is 4.52 Å². The van der Waals surface area contributed by atoms with Gasteiger partial charge in [-0.3, -0.25) is 0 Å². The zero-order chi connectivity index (χ0) is 12.1. The molecule has 0 bridgehead atoms. The smallest absolute Gasteiger partial charge is 0.228 e. The highest BCUT2D eigenvalue weighted by Crippen LogP contribution is 2.33. The Morgan fingerprint density at radius 1 is 1.47 bits per heavy atom. The number of nitrogens with zero attached hydrogens (tertiary/aromatic N) is 2. The number of hydrogen-bond acceptors (Lipinski definition) is 5. The lowest BCUT2D eigenvalue weighted by molar-refractivity contribution is 0.345. The largest absolute Gasteiger partial charge is 0.339 e. The second-order valence-electron chi connectivity index (χ2n) is 4.45. The average molecular weight is 255 g/mol. The van der Waals surface area contributed by atoms with Crippen LogP contribution < -0.4 is 5.32 Å². The number of aromatic nitrogens is 2.